The molecule has 0 fully saturated rings. The van der Waals surface area contributed by atoms with Gasteiger partial charge in [0.15, 0.2) is 0 Å². The van der Waals surface area contributed by atoms with Crippen LogP contribution in [0.1, 0.15) is 12.5 Å². The molecule has 4 heteroatoms. The van der Waals surface area contributed by atoms with Crippen molar-refractivity contribution in [2.75, 3.05) is 12.4 Å². The second kappa shape index (κ2) is 4.60. The lowest BCUT2D eigenvalue weighted by Gasteiger charge is -2.12. The SMILES string of the molecule is CNC(=O)C(C)Nc1cc(C)ccn1. The number of carbonyl (C=O) groups is 1. The van der Waals surface area contributed by atoms with Crippen LogP contribution in [-0.2, 0) is 4.79 Å². The molecule has 2 N–H and O–H groups in total. The summed E-state index contributed by atoms with van der Waals surface area (Å²) in [6, 6.07) is 3.55. The zero-order chi connectivity index (χ0) is 10.6. The number of amides is 1. The van der Waals surface area contributed by atoms with E-state index in [4.69, 9.17) is 0 Å². The van der Waals surface area contributed by atoms with Crippen molar-refractivity contribution >= 4 is 11.7 Å². The molecule has 0 spiro atoms. The van der Waals surface area contributed by atoms with E-state index in [1.165, 1.54) is 0 Å². The van der Waals surface area contributed by atoms with Crippen LogP contribution in [0.15, 0.2) is 18.3 Å². The summed E-state index contributed by atoms with van der Waals surface area (Å²) >= 11 is 0. The van der Waals surface area contributed by atoms with E-state index in [-0.39, 0.29) is 11.9 Å². The Morgan fingerprint density at radius 2 is 2.29 bits per heavy atom. The van der Waals surface area contributed by atoms with Gasteiger partial charge in [-0.05, 0) is 31.5 Å². The number of carbonyl (C=O) groups excluding carboxylic acids is 1. The summed E-state index contributed by atoms with van der Waals surface area (Å²) in [6.45, 7) is 3.78. The predicted octanol–water partition coefficient (Wildman–Crippen LogP) is 0.936. The number of aromatic nitrogens is 1. The first-order valence-corrected chi connectivity index (χ1v) is 4.54. The van der Waals surface area contributed by atoms with Gasteiger partial charge < -0.3 is 10.6 Å². The minimum Gasteiger partial charge on any atom is -0.359 e. The van der Waals surface area contributed by atoms with Crippen LogP contribution in [-0.4, -0.2) is 24.0 Å². The van der Waals surface area contributed by atoms with E-state index in [9.17, 15) is 4.79 Å². The largest absolute Gasteiger partial charge is 0.359 e. The van der Waals surface area contributed by atoms with Gasteiger partial charge in [0.1, 0.15) is 11.9 Å². The molecule has 76 valence electrons. The molecule has 0 saturated heterocycles. The van der Waals surface area contributed by atoms with Gasteiger partial charge in [0, 0.05) is 13.2 Å². The molecule has 0 aliphatic rings. The number of nitrogens with one attached hydrogen (secondary N) is 2. The van der Waals surface area contributed by atoms with E-state index >= 15 is 0 Å². The minimum absolute atomic E-state index is 0.0479. The Labute approximate surface area is 83.7 Å². The van der Waals surface area contributed by atoms with Crippen molar-refractivity contribution in [3.63, 3.8) is 0 Å². The molecule has 0 aromatic carbocycles. The van der Waals surface area contributed by atoms with Crippen LogP contribution in [0.3, 0.4) is 0 Å². The third-order valence-electron chi connectivity index (χ3n) is 1.92. The average molecular weight is 193 g/mol. The first-order chi connectivity index (χ1) is 6.63. The van der Waals surface area contributed by atoms with Gasteiger partial charge in [-0.3, -0.25) is 4.79 Å². The molecule has 1 aromatic heterocycles. The van der Waals surface area contributed by atoms with Crippen molar-refractivity contribution in [3.8, 4) is 0 Å². The molecule has 0 bridgehead atoms. The summed E-state index contributed by atoms with van der Waals surface area (Å²) in [5.41, 5.74) is 1.12. The highest BCUT2D eigenvalue weighted by molar-refractivity contribution is 5.83. The molecule has 0 saturated carbocycles. The first-order valence-electron chi connectivity index (χ1n) is 4.54. The van der Waals surface area contributed by atoms with Crippen LogP contribution >= 0.6 is 0 Å². The third-order valence-corrected chi connectivity index (χ3v) is 1.92. The van der Waals surface area contributed by atoms with Crippen LogP contribution in [0.25, 0.3) is 0 Å². The monoisotopic (exact) mass is 193 g/mol. The second-order valence-corrected chi connectivity index (χ2v) is 3.20. The number of aryl methyl sites for hydroxylation is 1. The fourth-order valence-electron chi connectivity index (χ4n) is 1.12. The van der Waals surface area contributed by atoms with Crippen LogP contribution in [0.4, 0.5) is 5.82 Å². The standard InChI is InChI=1S/C10H15N3O/c1-7-4-5-12-9(6-7)13-8(2)10(14)11-3/h4-6,8H,1-3H3,(H,11,14)(H,12,13). The van der Waals surface area contributed by atoms with Gasteiger partial charge in [0.2, 0.25) is 5.91 Å². The molecule has 0 aliphatic carbocycles. The maximum atomic E-state index is 11.2. The number of likely N-dealkylation sites (N-methyl/N-ethyl adjacent to an activating group) is 1. The molecular formula is C10H15N3O. The van der Waals surface area contributed by atoms with Gasteiger partial charge in [0.05, 0.1) is 0 Å². The molecule has 1 rings (SSSR count). The molecule has 4 nitrogen and oxygen atoms in total. The number of hydrogen-bond acceptors (Lipinski definition) is 3. The molecule has 1 amide bonds. The van der Waals surface area contributed by atoms with Crippen molar-refractivity contribution in [1.82, 2.24) is 10.3 Å². The van der Waals surface area contributed by atoms with Crippen LogP contribution in [0.5, 0.6) is 0 Å². The fourth-order valence-corrected chi connectivity index (χ4v) is 1.12. The van der Waals surface area contributed by atoms with E-state index in [0.717, 1.165) is 11.4 Å². The van der Waals surface area contributed by atoms with E-state index in [0.29, 0.717) is 0 Å². The van der Waals surface area contributed by atoms with E-state index in [1.807, 2.05) is 19.1 Å². The van der Waals surface area contributed by atoms with Crippen LogP contribution in [0.2, 0.25) is 0 Å². The number of rotatable bonds is 3. The summed E-state index contributed by atoms with van der Waals surface area (Å²) in [6.07, 6.45) is 1.72. The van der Waals surface area contributed by atoms with E-state index < -0.39 is 0 Å². The van der Waals surface area contributed by atoms with Crippen molar-refractivity contribution in [1.29, 1.82) is 0 Å². The summed E-state index contributed by atoms with van der Waals surface area (Å²) in [7, 11) is 1.62. The van der Waals surface area contributed by atoms with Gasteiger partial charge in [-0.15, -0.1) is 0 Å². The van der Waals surface area contributed by atoms with E-state index in [2.05, 4.69) is 15.6 Å². The highest BCUT2D eigenvalue weighted by Crippen LogP contribution is 2.06. The number of pyridine rings is 1. The summed E-state index contributed by atoms with van der Waals surface area (Å²) in [5, 5.41) is 5.58. The lowest BCUT2D eigenvalue weighted by atomic mass is 10.2. The zero-order valence-electron chi connectivity index (χ0n) is 8.66. The second-order valence-electron chi connectivity index (χ2n) is 3.20. The zero-order valence-corrected chi connectivity index (χ0v) is 8.66. The quantitative estimate of drug-likeness (QED) is 0.751. The van der Waals surface area contributed by atoms with Crippen molar-refractivity contribution in [3.05, 3.63) is 23.9 Å². The predicted molar refractivity (Wildman–Crippen MR) is 56.1 cm³/mol. The number of anilines is 1. The fraction of sp³-hybridized carbons (Fsp3) is 0.400. The maximum absolute atomic E-state index is 11.2. The van der Waals surface area contributed by atoms with E-state index in [1.54, 1.807) is 20.2 Å². The molecular weight excluding hydrogens is 178 g/mol. The lowest BCUT2D eigenvalue weighted by Crippen LogP contribution is -2.35. The molecule has 0 aliphatic heterocycles. The topological polar surface area (TPSA) is 54.0 Å². The lowest BCUT2D eigenvalue weighted by molar-refractivity contribution is -0.121. The van der Waals surface area contributed by atoms with Crippen molar-refractivity contribution in [2.45, 2.75) is 19.9 Å². The summed E-state index contributed by atoms with van der Waals surface area (Å²) in [4.78, 5) is 15.3. The number of nitrogens with zero attached hydrogens (tertiary/aromatic N) is 1. The Kier molecular flexibility index (Phi) is 3.45. The molecule has 1 aromatic rings. The van der Waals surface area contributed by atoms with Crippen LogP contribution < -0.4 is 10.6 Å². The van der Waals surface area contributed by atoms with Crippen molar-refractivity contribution < 1.29 is 4.79 Å². The minimum atomic E-state index is -0.269. The van der Waals surface area contributed by atoms with Gasteiger partial charge in [0.25, 0.3) is 0 Å². The van der Waals surface area contributed by atoms with Crippen LogP contribution in [0, 0.1) is 6.92 Å². The molecule has 14 heavy (non-hydrogen) atoms. The van der Waals surface area contributed by atoms with Gasteiger partial charge in [-0.1, -0.05) is 0 Å². The highest BCUT2D eigenvalue weighted by atomic mass is 16.2. The molecule has 1 heterocycles. The maximum Gasteiger partial charge on any atom is 0.241 e. The highest BCUT2D eigenvalue weighted by Gasteiger charge is 2.10. The molecule has 1 unspecified atom stereocenters. The smallest absolute Gasteiger partial charge is 0.241 e. The Morgan fingerprint density at radius 3 is 2.86 bits per heavy atom. The third kappa shape index (κ3) is 2.73. The van der Waals surface area contributed by atoms with Gasteiger partial charge in [-0.25, -0.2) is 4.98 Å². The number of hydrogen-bond donors (Lipinski definition) is 2. The normalized spacial score (nSPS) is 11.9. The average Bonchev–Trinajstić information content (AvgIpc) is 2.16. The Balaban J connectivity index is 2.64. The Hall–Kier alpha value is -1.58. The van der Waals surface area contributed by atoms with Gasteiger partial charge >= 0.3 is 0 Å². The Morgan fingerprint density at radius 1 is 1.57 bits per heavy atom. The Bertz CT molecular complexity index is 325. The van der Waals surface area contributed by atoms with Gasteiger partial charge in [-0.2, -0.15) is 0 Å². The van der Waals surface area contributed by atoms with Crippen molar-refractivity contribution in [2.24, 2.45) is 0 Å². The summed E-state index contributed by atoms with van der Waals surface area (Å²) in [5.74, 6) is 0.675. The summed E-state index contributed by atoms with van der Waals surface area (Å²) < 4.78 is 0. The molecule has 0 radical (unpaired) electrons. The first kappa shape index (κ1) is 10.5. The molecule has 1 atom stereocenters.